The molecule has 28 heavy (non-hydrogen) atoms. The summed E-state index contributed by atoms with van der Waals surface area (Å²) in [4.78, 5) is 39.3. The van der Waals surface area contributed by atoms with Gasteiger partial charge in [0.2, 0.25) is 0 Å². The van der Waals surface area contributed by atoms with Gasteiger partial charge in [0.1, 0.15) is 18.1 Å². The van der Waals surface area contributed by atoms with E-state index in [2.05, 4.69) is 4.90 Å². The van der Waals surface area contributed by atoms with Crippen LogP contribution in [0.2, 0.25) is 0 Å². The Bertz CT molecular complexity index is 552. The molecule has 0 amide bonds. The van der Waals surface area contributed by atoms with Gasteiger partial charge in [-0.25, -0.2) is 0 Å². The maximum Gasteiger partial charge on any atom is 0.312 e. The summed E-state index contributed by atoms with van der Waals surface area (Å²) in [5, 5.41) is 10.1. The van der Waals surface area contributed by atoms with Crippen LogP contribution in [0.5, 0.6) is 0 Å². The van der Waals surface area contributed by atoms with Crippen molar-refractivity contribution in [2.45, 2.75) is 74.3 Å². The Labute approximate surface area is 169 Å². The molecule has 1 N–H and O–H groups in total. The van der Waals surface area contributed by atoms with Crippen molar-refractivity contribution in [1.29, 1.82) is 0 Å². The number of ether oxygens (including phenoxy) is 2. The number of carbonyl (C=O) groups is 3. The van der Waals surface area contributed by atoms with E-state index in [4.69, 9.17) is 9.47 Å². The molecule has 0 bridgehead atoms. The summed E-state index contributed by atoms with van der Waals surface area (Å²) in [5.74, 6) is -3.63. The summed E-state index contributed by atoms with van der Waals surface area (Å²) >= 11 is 0. The smallest absolute Gasteiger partial charge is 0.312 e. The lowest BCUT2D eigenvalue weighted by Gasteiger charge is -2.49. The topological polar surface area (TPSA) is 93.1 Å². The van der Waals surface area contributed by atoms with E-state index in [-0.39, 0.29) is 13.0 Å². The van der Waals surface area contributed by atoms with Gasteiger partial charge in [0.15, 0.2) is 0 Å². The molecular weight excluding hydrogens is 362 g/mol. The molecule has 0 fully saturated rings. The molecule has 0 saturated heterocycles. The van der Waals surface area contributed by atoms with Gasteiger partial charge in [-0.05, 0) is 33.4 Å². The molecule has 3 unspecified atom stereocenters. The van der Waals surface area contributed by atoms with Crippen molar-refractivity contribution >= 4 is 17.9 Å². The number of nitrogens with zero attached hydrogens (tertiary/aromatic N) is 1. The first-order chi connectivity index (χ1) is 12.7. The van der Waals surface area contributed by atoms with Crippen LogP contribution in [0, 0.1) is 16.7 Å². The molecule has 0 aromatic heterocycles. The third-order valence-electron chi connectivity index (χ3n) is 6.02. The van der Waals surface area contributed by atoms with Crippen LogP contribution < -0.4 is 0 Å². The Hall–Kier alpha value is -1.63. The zero-order chi connectivity index (χ0) is 22.3. The first-order valence-corrected chi connectivity index (χ1v) is 10.0. The predicted octanol–water partition coefficient (Wildman–Crippen LogP) is 3.36. The second-order valence-electron chi connectivity index (χ2n) is 8.66. The SMILES string of the molecule is CCN(CC)CCOC(=O)C(C)(CC)C(C(=O)O)C(C)(OC(C)=O)C(C)(C)C. The summed E-state index contributed by atoms with van der Waals surface area (Å²) in [5.41, 5.74) is -3.49. The normalized spacial score (nSPS) is 17.4. The van der Waals surface area contributed by atoms with Crippen molar-refractivity contribution in [3.8, 4) is 0 Å². The summed E-state index contributed by atoms with van der Waals surface area (Å²) in [6.45, 7) is 18.0. The maximum atomic E-state index is 13.0. The van der Waals surface area contributed by atoms with Crippen LogP contribution in [0.3, 0.4) is 0 Å². The monoisotopic (exact) mass is 401 g/mol. The Balaban J connectivity index is 5.93. The zero-order valence-corrected chi connectivity index (χ0v) is 19.0. The molecule has 3 atom stereocenters. The number of likely N-dealkylation sites (N-methyl/N-ethyl adjacent to an activating group) is 1. The van der Waals surface area contributed by atoms with Gasteiger partial charge in [-0.15, -0.1) is 0 Å². The van der Waals surface area contributed by atoms with Crippen LogP contribution in [-0.4, -0.2) is 59.8 Å². The van der Waals surface area contributed by atoms with E-state index >= 15 is 0 Å². The van der Waals surface area contributed by atoms with Crippen LogP contribution in [0.4, 0.5) is 0 Å². The van der Waals surface area contributed by atoms with Gasteiger partial charge in [-0.1, -0.05) is 41.5 Å². The predicted molar refractivity (Wildman–Crippen MR) is 108 cm³/mol. The van der Waals surface area contributed by atoms with Gasteiger partial charge in [0, 0.05) is 18.9 Å². The van der Waals surface area contributed by atoms with Gasteiger partial charge in [0.05, 0.1) is 5.41 Å². The quantitative estimate of drug-likeness (QED) is 0.531. The molecule has 0 aromatic carbocycles. The van der Waals surface area contributed by atoms with Crippen molar-refractivity contribution in [3.05, 3.63) is 0 Å². The standard InChI is InChI=1S/C21H39NO6/c1-10-20(8,18(26)27-14-13-22(11-2)12-3)16(17(24)25)21(9,19(5,6)7)28-15(4)23/h16H,10-14H2,1-9H3,(H,24,25). The lowest BCUT2D eigenvalue weighted by molar-refractivity contribution is -0.206. The molecule has 164 valence electrons. The molecule has 0 saturated carbocycles. The number of hydrogen-bond donors (Lipinski definition) is 1. The van der Waals surface area contributed by atoms with E-state index in [9.17, 15) is 19.5 Å². The molecule has 0 radical (unpaired) electrons. The number of esters is 2. The highest BCUT2D eigenvalue weighted by Crippen LogP contribution is 2.49. The molecule has 0 rings (SSSR count). The highest BCUT2D eigenvalue weighted by Gasteiger charge is 2.60. The lowest BCUT2D eigenvalue weighted by atomic mass is 9.59. The number of carboxylic acids is 1. The first-order valence-electron chi connectivity index (χ1n) is 10.0. The summed E-state index contributed by atoms with van der Waals surface area (Å²) in [6, 6.07) is 0. The molecule has 7 heteroatoms. The van der Waals surface area contributed by atoms with Crippen molar-refractivity contribution < 1.29 is 29.0 Å². The zero-order valence-electron chi connectivity index (χ0n) is 19.0. The van der Waals surface area contributed by atoms with Crippen molar-refractivity contribution in [1.82, 2.24) is 4.90 Å². The van der Waals surface area contributed by atoms with Gasteiger partial charge >= 0.3 is 17.9 Å². The van der Waals surface area contributed by atoms with Crippen LogP contribution in [-0.2, 0) is 23.9 Å². The fraction of sp³-hybridized carbons (Fsp3) is 0.857. The average Bonchev–Trinajstić information content (AvgIpc) is 2.56. The van der Waals surface area contributed by atoms with E-state index in [1.807, 2.05) is 13.8 Å². The molecule has 0 aliphatic heterocycles. The summed E-state index contributed by atoms with van der Waals surface area (Å²) in [7, 11) is 0. The highest BCUT2D eigenvalue weighted by atomic mass is 16.6. The Morgan fingerprint density at radius 1 is 1.00 bits per heavy atom. The second-order valence-corrected chi connectivity index (χ2v) is 8.66. The van der Waals surface area contributed by atoms with Crippen molar-refractivity contribution in [3.63, 3.8) is 0 Å². The minimum absolute atomic E-state index is 0.183. The van der Waals surface area contributed by atoms with Crippen LogP contribution in [0.1, 0.15) is 68.7 Å². The first kappa shape index (κ1) is 26.4. The van der Waals surface area contributed by atoms with E-state index in [0.717, 1.165) is 13.1 Å². The molecular formula is C21H39NO6. The number of carbonyl (C=O) groups excluding carboxylic acids is 2. The van der Waals surface area contributed by atoms with E-state index < -0.39 is 40.3 Å². The number of aliphatic carboxylic acids is 1. The van der Waals surface area contributed by atoms with Crippen molar-refractivity contribution in [2.24, 2.45) is 16.7 Å². The van der Waals surface area contributed by atoms with Crippen LogP contribution >= 0.6 is 0 Å². The van der Waals surface area contributed by atoms with E-state index in [1.165, 1.54) is 6.92 Å². The molecule has 0 aliphatic rings. The van der Waals surface area contributed by atoms with Crippen LogP contribution in [0.25, 0.3) is 0 Å². The Morgan fingerprint density at radius 3 is 1.82 bits per heavy atom. The largest absolute Gasteiger partial charge is 0.481 e. The second kappa shape index (κ2) is 10.2. The summed E-state index contributed by atoms with van der Waals surface area (Å²) in [6.07, 6.45) is 0.237. The lowest BCUT2D eigenvalue weighted by Crippen LogP contribution is -2.60. The third-order valence-corrected chi connectivity index (χ3v) is 6.02. The minimum Gasteiger partial charge on any atom is -0.481 e. The highest BCUT2D eigenvalue weighted by molar-refractivity contribution is 5.85. The Kier molecular flexibility index (Phi) is 9.64. The summed E-state index contributed by atoms with van der Waals surface area (Å²) < 4.78 is 11.1. The van der Waals surface area contributed by atoms with E-state index in [0.29, 0.717) is 6.54 Å². The number of hydrogen-bond acceptors (Lipinski definition) is 6. The Morgan fingerprint density at radius 2 is 1.50 bits per heavy atom. The fourth-order valence-corrected chi connectivity index (χ4v) is 3.50. The van der Waals surface area contributed by atoms with Gasteiger partial charge in [-0.3, -0.25) is 14.4 Å². The molecule has 0 aromatic rings. The molecule has 0 heterocycles. The molecule has 7 nitrogen and oxygen atoms in total. The van der Waals surface area contributed by atoms with Crippen molar-refractivity contribution in [2.75, 3.05) is 26.2 Å². The number of carboxylic acid groups (broad SMARTS) is 1. The van der Waals surface area contributed by atoms with Gasteiger partial charge < -0.3 is 19.5 Å². The maximum absolute atomic E-state index is 13.0. The average molecular weight is 402 g/mol. The molecule has 0 spiro atoms. The number of rotatable bonds is 11. The van der Waals surface area contributed by atoms with Crippen LogP contribution in [0.15, 0.2) is 0 Å². The van der Waals surface area contributed by atoms with Gasteiger partial charge in [-0.2, -0.15) is 0 Å². The molecule has 0 aliphatic carbocycles. The third kappa shape index (κ3) is 5.93. The minimum atomic E-state index is -1.41. The van der Waals surface area contributed by atoms with E-state index in [1.54, 1.807) is 41.5 Å². The fourth-order valence-electron chi connectivity index (χ4n) is 3.50. The van der Waals surface area contributed by atoms with Gasteiger partial charge in [0.25, 0.3) is 0 Å².